The fraction of sp³-hybridized carbons (Fsp3) is 0.625. The monoisotopic (exact) mass is 421 g/mol. The van der Waals surface area contributed by atoms with Gasteiger partial charge in [0.1, 0.15) is 0 Å². The van der Waals surface area contributed by atoms with Crippen molar-refractivity contribution in [2.24, 2.45) is 12.5 Å². The second-order valence-electron chi connectivity index (χ2n) is 10.3. The molecule has 1 saturated carbocycles. The van der Waals surface area contributed by atoms with E-state index in [2.05, 4.69) is 38.8 Å². The van der Waals surface area contributed by atoms with Crippen LogP contribution in [0.25, 0.3) is 10.9 Å². The number of carbonyl (C=O) groups is 2. The summed E-state index contributed by atoms with van der Waals surface area (Å²) in [5, 5.41) is 11.6. The highest BCUT2D eigenvalue weighted by atomic mass is 16.2. The van der Waals surface area contributed by atoms with Crippen molar-refractivity contribution in [2.75, 3.05) is 26.2 Å². The van der Waals surface area contributed by atoms with E-state index < -0.39 is 0 Å². The first-order chi connectivity index (χ1) is 15.0. The average Bonchev–Trinajstić information content (AvgIpc) is 3.02. The number of aryl methyl sites for hydroxylation is 1. The number of hydrogen-bond acceptors (Lipinski definition) is 5. The molecule has 3 aliphatic heterocycles. The van der Waals surface area contributed by atoms with Crippen molar-refractivity contribution in [3.8, 4) is 0 Å². The fourth-order valence-corrected chi connectivity index (χ4v) is 6.33. The Morgan fingerprint density at radius 3 is 2.55 bits per heavy atom. The van der Waals surface area contributed by atoms with Crippen LogP contribution in [0.5, 0.6) is 0 Å². The number of benzene rings is 1. The minimum Gasteiger partial charge on any atom is -0.316 e. The highest BCUT2D eigenvalue weighted by Gasteiger charge is 2.50. The van der Waals surface area contributed by atoms with Gasteiger partial charge in [-0.3, -0.25) is 19.6 Å². The van der Waals surface area contributed by atoms with Gasteiger partial charge in [0.25, 0.3) is 0 Å². The SMILES string of the molecule is Cn1nc(C2CCC(=O)NC2=O)c2ccc(C3CCN(C4CC5(CNC5)C4)CC3)cc21. The highest BCUT2D eigenvalue weighted by molar-refractivity contribution is 6.02. The number of nitrogens with one attached hydrogen (secondary N) is 2. The highest BCUT2D eigenvalue weighted by Crippen LogP contribution is 2.47. The van der Waals surface area contributed by atoms with Gasteiger partial charge in [0, 0.05) is 38.0 Å². The molecule has 7 heteroatoms. The van der Waals surface area contributed by atoms with Gasteiger partial charge in [0.05, 0.1) is 17.1 Å². The molecule has 3 saturated heterocycles. The third-order valence-corrected chi connectivity index (χ3v) is 8.33. The molecule has 1 aromatic carbocycles. The summed E-state index contributed by atoms with van der Waals surface area (Å²) in [6.45, 7) is 4.85. The lowest BCUT2D eigenvalue weighted by atomic mass is 9.61. The van der Waals surface area contributed by atoms with E-state index in [1.807, 2.05) is 11.7 Å². The quantitative estimate of drug-likeness (QED) is 0.742. The summed E-state index contributed by atoms with van der Waals surface area (Å²) >= 11 is 0. The maximum Gasteiger partial charge on any atom is 0.235 e. The van der Waals surface area contributed by atoms with Crippen LogP contribution in [0.1, 0.15) is 61.6 Å². The molecule has 1 spiro atoms. The summed E-state index contributed by atoms with van der Waals surface area (Å²) in [5.74, 6) is -0.152. The molecule has 0 bridgehead atoms. The van der Waals surface area contributed by atoms with Crippen LogP contribution in [0.4, 0.5) is 0 Å². The molecule has 6 rings (SSSR count). The van der Waals surface area contributed by atoms with Gasteiger partial charge in [-0.2, -0.15) is 5.10 Å². The van der Waals surface area contributed by atoms with Gasteiger partial charge in [0.15, 0.2) is 0 Å². The zero-order valence-corrected chi connectivity index (χ0v) is 18.2. The Kier molecular flexibility index (Phi) is 4.47. The number of nitrogens with zero attached hydrogens (tertiary/aromatic N) is 3. The van der Waals surface area contributed by atoms with Crippen molar-refractivity contribution in [3.63, 3.8) is 0 Å². The van der Waals surface area contributed by atoms with Crippen LogP contribution in [-0.2, 0) is 16.6 Å². The smallest absolute Gasteiger partial charge is 0.235 e. The number of rotatable bonds is 3. The fourth-order valence-electron chi connectivity index (χ4n) is 6.33. The number of hydrogen-bond donors (Lipinski definition) is 2. The van der Waals surface area contributed by atoms with Gasteiger partial charge < -0.3 is 10.2 Å². The van der Waals surface area contributed by atoms with E-state index >= 15 is 0 Å². The number of aromatic nitrogens is 2. The van der Waals surface area contributed by atoms with Gasteiger partial charge in [0.2, 0.25) is 11.8 Å². The molecule has 4 aliphatic rings. The molecule has 1 aromatic heterocycles. The van der Waals surface area contributed by atoms with E-state index in [4.69, 9.17) is 0 Å². The second-order valence-corrected chi connectivity index (χ2v) is 10.3. The standard InChI is InChI=1S/C24H31N5O2/c1-28-20-10-16(2-3-18(20)22(27-28)19-4-5-21(30)26-23(19)31)15-6-8-29(9-7-15)17-11-24(12-17)13-25-14-24/h2-3,10,15,17,19,25H,4-9,11-14H2,1H3,(H,26,30,31). The normalized spacial score (nSPS) is 27.3. The molecule has 1 aliphatic carbocycles. The summed E-state index contributed by atoms with van der Waals surface area (Å²) in [7, 11) is 1.95. The molecule has 4 heterocycles. The molecule has 4 fully saturated rings. The minimum absolute atomic E-state index is 0.184. The molecule has 2 aromatic rings. The van der Waals surface area contributed by atoms with E-state index in [1.54, 1.807) is 0 Å². The summed E-state index contributed by atoms with van der Waals surface area (Å²) < 4.78 is 1.90. The van der Waals surface area contributed by atoms with Crippen molar-refractivity contribution in [2.45, 2.75) is 56.4 Å². The summed E-state index contributed by atoms with van der Waals surface area (Å²) in [4.78, 5) is 26.6. The number of imide groups is 1. The largest absolute Gasteiger partial charge is 0.316 e. The minimum atomic E-state index is -0.341. The predicted octanol–water partition coefficient (Wildman–Crippen LogP) is 2.02. The first-order valence-electron chi connectivity index (χ1n) is 11.8. The first-order valence-corrected chi connectivity index (χ1v) is 11.8. The van der Waals surface area contributed by atoms with Crippen LogP contribution >= 0.6 is 0 Å². The third-order valence-electron chi connectivity index (χ3n) is 8.33. The number of piperidine rings is 2. The van der Waals surface area contributed by atoms with Gasteiger partial charge >= 0.3 is 0 Å². The zero-order chi connectivity index (χ0) is 21.2. The number of carbonyl (C=O) groups excluding carboxylic acids is 2. The van der Waals surface area contributed by atoms with Gasteiger partial charge in [-0.25, -0.2) is 0 Å². The Balaban J connectivity index is 1.16. The summed E-state index contributed by atoms with van der Waals surface area (Å²) in [6, 6.07) is 7.45. The predicted molar refractivity (Wildman–Crippen MR) is 118 cm³/mol. The van der Waals surface area contributed by atoms with Crippen LogP contribution < -0.4 is 10.6 Å². The molecule has 164 valence electrons. The van der Waals surface area contributed by atoms with E-state index in [0.29, 0.717) is 24.2 Å². The molecular formula is C24H31N5O2. The second kappa shape index (κ2) is 7.14. The molecule has 2 amide bonds. The first kappa shape index (κ1) is 19.4. The molecule has 7 nitrogen and oxygen atoms in total. The van der Waals surface area contributed by atoms with Gasteiger partial charge in [-0.05, 0) is 68.2 Å². The van der Waals surface area contributed by atoms with Crippen molar-refractivity contribution in [1.29, 1.82) is 0 Å². The molecule has 31 heavy (non-hydrogen) atoms. The molecule has 1 unspecified atom stereocenters. The van der Waals surface area contributed by atoms with E-state index in [0.717, 1.165) is 22.6 Å². The van der Waals surface area contributed by atoms with Crippen molar-refractivity contribution >= 4 is 22.7 Å². The van der Waals surface area contributed by atoms with Gasteiger partial charge in [-0.15, -0.1) is 0 Å². The number of likely N-dealkylation sites (tertiary alicyclic amines) is 1. The van der Waals surface area contributed by atoms with Crippen molar-refractivity contribution in [1.82, 2.24) is 25.3 Å². The Morgan fingerprint density at radius 1 is 1.10 bits per heavy atom. The lowest BCUT2D eigenvalue weighted by Gasteiger charge is -2.58. The van der Waals surface area contributed by atoms with Crippen molar-refractivity contribution < 1.29 is 9.59 Å². The third kappa shape index (κ3) is 3.21. The van der Waals surface area contributed by atoms with Crippen LogP contribution in [0.3, 0.4) is 0 Å². The number of fused-ring (bicyclic) bond motifs is 1. The van der Waals surface area contributed by atoms with Gasteiger partial charge in [-0.1, -0.05) is 12.1 Å². The summed E-state index contributed by atoms with van der Waals surface area (Å²) in [6.07, 6.45) is 6.11. The molecule has 1 atom stereocenters. The van der Waals surface area contributed by atoms with Crippen LogP contribution in [-0.4, -0.2) is 58.7 Å². The molecule has 0 radical (unpaired) electrons. The maximum absolute atomic E-state index is 12.4. The lowest BCUT2D eigenvalue weighted by molar-refractivity contribution is -0.134. The average molecular weight is 422 g/mol. The van der Waals surface area contributed by atoms with E-state index in [-0.39, 0.29) is 17.7 Å². The van der Waals surface area contributed by atoms with Crippen molar-refractivity contribution in [3.05, 3.63) is 29.5 Å². The lowest BCUT2D eigenvalue weighted by Crippen LogP contribution is -2.65. The topological polar surface area (TPSA) is 79.3 Å². The Labute approximate surface area is 182 Å². The maximum atomic E-state index is 12.4. The van der Waals surface area contributed by atoms with Crippen LogP contribution in [0.15, 0.2) is 18.2 Å². The molecular weight excluding hydrogens is 390 g/mol. The summed E-state index contributed by atoms with van der Waals surface area (Å²) in [5.41, 5.74) is 3.91. The van der Waals surface area contributed by atoms with Crippen LogP contribution in [0.2, 0.25) is 0 Å². The Hall–Kier alpha value is -2.25. The van der Waals surface area contributed by atoms with Crippen LogP contribution in [0, 0.1) is 5.41 Å². The van der Waals surface area contributed by atoms with E-state index in [9.17, 15) is 9.59 Å². The molecule has 2 N–H and O–H groups in total. The number of amides is 2. The zero-order valence-electron chi connectivity index (χ0n) is 18.2. The van der Waals surface area contributed by atoms with E-state index in [1.165, 1.54) is 57.4 Å². The Bertz CT molecular complexity index is 1040. The Morgan fingerprint density at radius 2 is 1.87 bits per heavy atom.